The maximum atomic E-state index is 11.1. The Labute approximate surface area is 94.0 Å². The van der Waals surface area contributed by atoms with Gasteiger partial charge in [0.2, 0.25) is 0 Å². The Bertz CT molecular complexity index is 425. The van der Waals surface area contributed by atoms with Crippen LogP contribution in [0.15, 0.2) is 0 Å². The van der Waals surface area contributed by atoms with Crippen LogP contribution in [-0.4, -0.2) is 27.0 Å². The van der Waals surface area contributed by atoms with Crippen molar-refractivity contribution < 1.29 is 14.6 Å². The van der Waals surface area contributed by atoms with Crippen molar-refractivity contribution in [2.45, 2.75) is 45.9 Å². The van der Waals surface area contributed by atoms with Crippen LogP contribution in [0.25, 0.3) is 0 Å². The third-order valence-electron chi connectivity index (χ3n) is 2.91. The average molecular weight is 224 g/mol. The van der Waals surface area contributed by atoms with Crippen LogP contribution in [0.2, 0.25) is 0 Å². The monoisotopic (exact) mass is 224 g/mol. The van der Waals surface area contributed by atoms with Gasteiger partial charge in [-0.05, 0) is 20.8 Å². The highest BCUT2D eigenvalue weighted by Gasteiger charge is 2.31. The standard InChI is InChI=1S/C11H16N2O3/c1-4-13-10-7(3)16-6(2)5-8(10)9(12-13)11(14)15/h6-7H,4-5H2,1-3H3,(H,14,15)/t6-,7+/m0/s1. The number of hydrogen-bond donors (Lipinski definition) is 1. The zero-order chi connectivity index (χ0) is 11.9. The molecule has 1 N–H and O–H groups in total. The maximum absolute atomic E-state index is 11.1. The molecule has 2 heterocycles. The number of carboxylic acid groups (broad SMARTS) is 1. The summed E-state index contributed by atoms with van der Waals surface area (Å²) >= 11 is 0. The first-order valence-corrected chi connectivity index (χ1v) is 5.52. The zero-order valence-electron chi connectivity index (χ0n) is 9.73. The van der Waals surface area contributed by atoms with Crippen molar-refractivity contribution in [1.29, 1.82) is 0 Å². The van der Waals surface area contributed by atoms with Crippen LogP contribution < -0.4 is 0 Å². The molecule has 2 rings (SSSR count). The smallest absolute Gasteiger partial charge is 0.356 e. The fraction of sp³-hybridized carbons (Fsp3) is 0.636. The van der Waals surface area contributed by atoms with E-state index >= 15 is 0 Å². The van der Waals surface area contributed by atoms with Gasteiger partial charge in [-0.3, -0.25) is 4.68 Å². The lowest BCUT2D eigenvalue weighted by molar-refractivity contribution is -0.00952. The van der Waals surface area contributed by atoms with Gasteiger partial charge in [-0.1, -0.05) is 0 Å². The van der Waals surface area contributed by atoms with E-state index in [0.29, 0.717) is 13.0 Å². The van der Waals surface area contributed by atoms with E-state index in [0.717, 1.165) is 11.3 Å². The van der Waals surface area contributed by atoms with E-state index in [-0.39, 0.29) is 17.9 Å². The molecular formula is C11H16N2O3. The summed E-state index contributed by atoms with van der Waals surface area (Å²) in [7, 11) is 0. The quantitative estimate of drug-likeness (QED) is 0.829. The predicted octanol–water partition coefficient (Wildman–Crippen LogP) is 1.62. The van der Waals surface area contributed by atoms with Gasteiger partial charge in [0.1, 0.15) is 0 Å². The highest BCUT2D eigenvalue weighted by Crippen LogP contribution is 2.32. The Kier molecular flexibility index (Phi) is 2.71. The number of aryl methyl sites for hydroxylation is 1. The van der Waals surface area contributed by atoms with Gasteiger partial charge in [0.15, 0.2) is 5.69 Å². The van der Waals surface area contributed by atoms with Crippen LogP contribution in [0.4, 0.5) is 0 Å². The van der Waals surface area contributed by atoms with Gasteiger partial charge in [0.05, 0.1) is 17.9 Å². The molecule has 1 aliphatic rings. The van der Waals surface area contributed by atoms with E-state index in [2.05, 4.69) is 5.10 Å². The second-order valence-corrected chi connectivity index (χ2v) is 4.13. The second-order valence-electron chi connectivity index (χ2n) is 4.13. The van der Waals surface area contributed by atoms with E-state index in [1.54, 1.807) is 4.68 Å². The Morgan fingerprint density at radius 1 is 1.62 bits per heavy atom. The number of fused-ring (bicyclic) bond motifs is 1. The molecule has 2 atom stereocenters. The van der Waals surface area contributed by atoms with Crippen molar-refractivity contribution in [3.63, 3.8) is 0 Å². The lowest BCUT2D eigenvalue weighted by Crippen LogP contribution is -2.24. The first-order valence-electron chi connectivity index (χ1n) is 5.52. The largest absolute Gasteiger partial charge is 0.476 e. The van der Waals surface area contributed by atoms with E-state index in [1.165, 1.54) is 0 Å². The first-order chi connectivity index (χ1) is 7.54. The molecule has 0 radical (unpaired) electrons. The van der Waals surface area contributed by atoms with Gasteiger partial charge in [-0.2, -0.15) is 5.10 Å². The summed E-state index contributed by atoms with van der Waals surface area (Å²) in [4.78, 5) is 11.1. The molecule has 0 amide bonds. The lowest BCUT2D eigenvalue weighted by atomic mass is 9.99. The van der Waals surface area contributed by atoms with Gasteiger partial charge in [-0.15, -0.1) is 0 Å². The first kappa shape index (κ1) is 11.1. The molecule has 1 aliphatic heterocycles. The van der Waals surface area contributed by atoms with Gasteiger partial charge in [-0.25, -0.2) is 4.79 Å². The number of ether oxygens (including phenoxy) is 1. The van der Waals surface area contributed by atoms with Crippen LogP contribution in [0.3, 0.4) is 0 Å². The minimum atomic E-state index is -0.954. The fourth-order valence-electron chi connectivity index (χ4n) is 2.33. The van der Waals surface area contributed by atoms with Crippen LogP contribution in [0, 0.1) is 0 Å². The van der Waals surface area contributed by atoms with E-state index in [1.807, 2.05) is 20.8 Å². The third kappa shape index (κ3) is 1.61. The summed E-state index contributed by atoms with van der Waals surface area (Å²) in [6, 6.07) is 0. The average Bonchev–Trinajstić information content (AvgIpc) is 2.56. The van der Waals surface area contributed by atoms with Gasteiger partial charge in [0.25, 0.3) is 0 Å². The summed E-state index contributed by atoms with van der Waals surface area (Å²) in [6.45, 7) is 6.50. The van der Waals surface area contributed by atoms with Crippen molar-refractivity contribution in [2.24, 2.45) is 0 Å². The highest BCUT2D eigenvalue weighted by molar-refractivity contribution is 5.87. The van der Waals surface area contributed by atoms with E-state index < -0.39 is 5.97 Å². The molecule has 0 bridgehead atoms. The Balaban J connectivity index is 2.57. The van der Waals surface area contributed by atoms with E-state index in [9.17, 15) is 4.79 Å². The Morgan fingerprint density at radius 2 is 2.31 bits per heavy atom. The summed E-state index contributed by atoms with van der Waals surface area (Å²) in [5.41, 5.74) is 1.93. The highest BCUT2D eigenvalue weighted by atomic mass is 16.5. The van der Waals surface area contributed by atoms with Gasteiger partial charge >= 0.3 is 5.97 Å². The molecule has 0 saturated heterocycles. The molecule has 0 spiro atoms. The minimum absolute atomic E-state index is 0.0510. The molecule has 0 fully saturated rings. The second kappa shape index (κ2) is 3.90. The van der Waals surface area contributed by atoms with Crippen LogP contribution in [0.1, 0.15) is 48.6 Å². The molecule has 5 nitrogen and oxygen atoms in total. The topological polar surface area (TPSA) is 64.4 Å². The summed E-state index contributed by atoms with van der Waals surface area (Å²) < 4.78 is 7.43. The molecule has 16 heavy (non-hydrogen) atoms. The van der Waals surface area contributed by atoms with Crippen LogP contribution in [-0.2, 0) is 17.7 Å². The molecule has 1 aromatic rings. The van der Waals surface area contributed by atoms with Gasteiger partial charge in [0, 0.05) is 18.5 Å². The van der Waals surface area contributed by atoms with Gasteiger partial charge < -0.3 is 9.84 Å². The van der Waals surface area contributed by atoms with Crippen molar-refractivity contribution >= 4 is 5.97 Å². The molecule has 88 valence electrons. The normalized spacial score (nSPS) is 24.2. The lowest BCUT2D eigenvalue weighted by Gasteiger charge is -2.26. The number of carboxylic acids is 1. The van der Waals surface area contributed by atoms with Crippen molar-refractivity contribution in [3.8, 4) is 0 Å². The molecule has 0 unspecified atom stereocenters. The van der Waals surface area contributed by atoms with Crippen molar-refractivity contribution in [1.82, 2.24) is 9.78 Å². The van der Waals surface area contributed by atoms with Crippen molar-refractivity contribution in [3.05, 3.63) is 17.0 Å². The number of hydrogen-bond acceptors (Lipinski definition) is 3. The molecule has 1 aromatic heterocycles. The number of nitrogens with zero attached hydrogens (tertiary/aromatic N) is 2. The fourth-order valence-corrected chi connectivity index (χ4v) is 2.33. The molecule has 0 aliphatic carbocycles. The Morgan fingerprint density at radius 3 is 2.88 bits per heavy atom. The van der Waals surface area contributed by atoms with Crippen LogP contribution in [0.5, 0.6) is 0 Å². The summed E-state index contributed by atoms with van der Waals surface area (Å²) in [6.07, 6.45) is 0.593. The molecule has 0 saturated carbocycles. The summed E-state index contributed by atoms with van der Waals surface area (Å²) in [5.74, 6) is -0.954. The number of rotatable bonds is 2. The number of carbonyl (C=O) groups is 1. The SMILES string of the molecule is CCn1nc(C(=O)O)c2c1[C@@H](C)O[C@@H](C)C2. The Hall–Kier alpha value is -1.36. The number of aromatic carboxylic acids is 1. The minimum Gasteiger partial charge on any atom is -0.476 e. The van der Waals surface area contributed by atoms with E-state index in [4.69, 9.17) is 9.84 Å². The molecular weight excluding hydrogens is 208 g/mol. The third-order valence-corrected chi connectivity index (χ3v) is 2.91. The molecule has 0 aromatic carbocycles. The summed E-state index contributed by atoms with van der Waals surface area (Å²) in [5, 5.41) is 13.2. The van der Waals surface area contributed by atoms with Crippen molar-refractivity contribution in [2.75, 3.05) is 0 Å². The predicted molar refractivity (Wildman–Crippen MR) is 57.5 cm³/mol. The number of aromatic nitrogens is 2. The maximum Gasteiger partial charge on any atom is 0.356 e. The molecule has 5 heteroatoms. The zero-order valence-corrected chi connectivity index (χ0v) is 9.73. The van der Waals surface area contributed by atoms with Crippen LogP contribution >= 0.6 is 0 Å².